The fourth-order valence-corrected chi connectivity index (χ4v) is 3.53. The van der Waals surface area contributed by atoms with E-state index in [1.54, 1.807) is 6.20 Å². The molecule has 2 aliphatic heterocycles. The van der Waals surface area contributed by atoms with Gasteiger partial charge in [0.1, 0.15) is 24.1 Å². The minimum absolute atomic E-state index is 0.131. The third-order valence-corrected chi connectivity index (χ3v) is 5.06. The number of hydrogen-bond donors (Lipinski definition) is 4. The largest absolute Gasteiger partial charge is 0.388 e. The number of amides is 3. The van der Waals surface area contributed by atoms with Crippen molar-refractivity contribution < 1.29 is 24.2 Å². The van der Waals surface area contributed by atoms with Crippen LogP contribution in [0.3, 0.4) is 0 Å². The van der Waals surface area contributed by atoms with Crippen molar-refractivity contribution in [3.63, 3.8) is 0 Å². The molecule has 3 amide bonds. The SMILES string of the molecule is CCCNC(=O)NCC1OC2CC(CC(=O)NCc3nccn3C)OC2C1O. The highest BCUT2D eigenvalue weighted by Gasteiger charge is 2.50. The van der Waals surface area contributed by atoms with E-state index in [9.17, 15) is 14.7 Å². The van der Waals surface area contributed by atoms with E-state index in [0.717, 1.165) is 12.2 Å². The Morgan fingerprint density at radius 1 is 1.32 bits per heavy atom. The monoisotopic (exact) mass is 395 g/mol. The Hall–Kier alpha value is -2.17. The van der Waals surface area contributed by atoms with Crippen LogP contribution in [0.15, 0.2) is 12.4 Å². The zero-order valence-corrected chi connectivity index (χ0v) is 16.3. The lowest BCUT2D eigenvalue weighted by molar-refractivity contribution is -0.125. The molecule has 5 atom stereocenters. The second kappa shape index (κ2) is 9.35. The molecule has 3 heterocycles. The molecule has 0 bridgehead atoms. The third kappa shape index (κ3) is 5.00. The van der Waals surface area contributed by atoms with Gasteiger partial charge in [-0.3, -0.25) is 4.79 Å². The lowest BCUT2D eigenvalue weighted by Gasteiger charge is -2.20. The molecule has 1 aromatic rings. The molecule has 4 N–H and O–H groups in total. The Bertz CT molecular complexity index is 681. The molecule has 2 saturated heterocycles. The molecule has 0 aliphatic carbocycles. The van der Waals surface area contributed by atoms with Gasteiger partial charge in [0.25, 0.3) is 0 Å². The molecule has 5 unspecified atom stereocenters. The van der Waals surface area contributed by atoms with Gasteiger partial charge < -0.3 is 35.1 Å². The van der Waals surface area contributed by atoms with Crippen molar-refractivity contribution in [3.05, 3.63) is 18.2 Å². The van der Waals surface area contributed by atoms with Gasteiger partial charge >= 0.3 is 6.03 Å². The van der Waals surface area contributed by atoms with Crippen molar-refractivity contribution >= 4 is 11.9 Å². The Labute approximate surface area is 164 Å². The maximum atomic E-state index is 12.1. The first-order chi connectivity index (χ1) is 13.5. The molecule has 0 saturated carbocycles. The number of carbonyl (C=O) groups excluding carboxylic acids is 2. The minimum atomic E-state index is -0.836. The van der Waals surface area contributed by atoms with Crippen LogP contribution in [0.5, 0.6) is 0 Å². The van der Waals surface area contributed by atoms with Crippen molar-refractivity contribution in [2.45, 2.75) is 63.3 Å². The van der Waals surface area contributed by atoms with Crippen molar-refractivity contribution in [1.82, 2.24) is 25.5 Å². The summed E-state index contributed by atoms with van der Waals surface area (Å²) in [6.07, 6.45) is 2.70. The number of aliphatic hydroxyl groups excluding tert-OH is 1. The molecule has 10 heteroatoms. The Balaban J connectivity index is 1.38. The van der Waals surface area contributed by atoms with Crippen LogP contribution in [0, 0.1) is 0 Å². The molecule has 3 rings (SSSR count). The first-order valence-corrected chi connectivity index (χ1v) is 9.71. The van der Waals surface area contributed by atoms with Gasteiger partial charge in [-0.05, 0) is 6.42 Å². The molecular weight excluding hydrogens is 366 g/mol. The summed E-state index contributed by atoms with van der Waals surface area (Å²) in [5.41, 5.74) is 0. The average molecular weight is 395 g/mol. The number of ether oxygens (including phenoxy) is 2. The molecule has 1 aromatic heterocycles. The summed E-state index contributed by atoms with van der Waals surface area (Å²) in [7, 11) is 1.87. The number of hydrogen-bond acceptors (Lipinski definition) is 6. The van der Waals surface area contributed by atoms with Crippen LogP contribution in [0.2, 0.25) is 0 Å². The van der Waals surface area contributed by atoms with Gasteiger partial charge in [-0.1, -0.05) is 6.92 Å². The molecule has 0 spiro atoms. The summed E-state index contributed by atoms with van der Waals surface area (Å²) < 4.78 is 13.5. The molecule has 0 aromatic carbocycles. The topological polar surface area (TPSA) is 127 Å². The number of urea groups is 1. The first kappa shape index (κ1) is 20.6. The Morgan fingerprint density at radius 3 is 2.82 bits per heavy atom. The zero-order valence-electron chi connectivity index (χ0n) is 16.3. The van der Waals surface area contributed by atoms with E-state index in [-0.39, 0.29) is 37.1 Å². The van der Waals surface area contributed by atoms with Gasteiger partial charge in [0, 0.05) is 39.0 Å². The highest BCUT2D eigenvalue weighted by molar-refractivity contribution is 5.76. The van der Waals surface area contributed by atoms with Gasteiger partial charge in [-0.2, -0.15) is 0 Å². The zero-order chi connectivity index (χ0) is 20.1. The van der Waals surface area contributed by atoms with E-state index in [1.165, 1.54) is 0 Å². The predicted octanol–water partition coefficient (Wildman–Crippen LogP) is -0.579. The van der Waals surface area contributed by atoms with Crippen LogP contribution >= 0.6 is 0 Å². The molecule has 156 valence electrons. The van der Waals surface area contributed by atoms with E-state index in [4.69, 9.17) is 9.47 Å². The minimum Gasteiger partial charge on any atom is -0.388 e. The summed E-state index contributed by atoms with van der Waals surface area (Å²) in [5, 5.41) is 18.7. The quantitative estimate of drug-likeness (QED) is 0.467. The van der Waals surface area contributed by atoms with Gasteiger partial charge in [0.2, 0.25) is 5.91 Å². The number of aryl methyl sites for hydroxylation is 1. The summed E-state index contributed by atoms with van der Waals surface area (Å²) in [6.45, 7) is 3.13. The van der Waals surface area contributed by atoms with Crippen LogP contribution in [0.4, 0.5) is 4.79 Å². The highest BCUT2D eigenvalue weighted by Crippen LogP contribution is 2.35. The van der Waals surface area contributed by atoms with Gasteiger partial charge in [0.05, 0.1) is 25.2 Å². The molecule has 28 heavy (non-hydrogen) atoms. The number of nitrogens with one attached hydrogen (secondary N) is 3. The van der Waals surface area contributed by atoms with Crippen LogP contribution in [0.25, 0.3) is 0 Å². The van der Waals surface area contributed by atoms with E-state index in [1.807, 2.05) is 24.7 Å². The van der Waals surface area contributed by atoms with E-state index in [0.29, 0.717) is 19.5 Å². The molecular formula is C18H29N5O5. The van der Waals surface area contributed by atoms with Crippen molar-refractivity contribution in [2.75, 3.05) is 13.1 Å². The summed E-state index contributed by atoms with van der Waals surface area (Å²) in [4.78, 5) is 27.9. The lowest BCUT2D eigenvalue weighted by Crippen LogP contribution is -2.44. The molecule has 10 nitrogen and oxygen atoms in total. The van der Waals surface area contributed by atoms with Gasteiger partial charge in [-0.15, -0.1) is 0 Å². The van der Waals surface area contributed by atoms with Crippen molar-refractivity contribution in [3.8, 4) is 0 Å². The number of aromatic nitrogens is 2. The number of nitrogens with zero attached hydrogens (tertiary/aromatic N) is 2. The van der Waals surface area contributed by atoms with E-state index in [2.05, 4.69) is 20.9 Å². The number of aliphatic hydroxyl groups is 1. The van der Waals surface area contributed by atoms with E-state index < -0.39 is 18.3 Å². The van der Waals surface area contributed by atoms with Gasteiger partial charge in [0.15, 0.2) is 0 Å². The Kier molecular flexibility index (Phi) is 6.87. The number of fused-ring (bicyclic) bond motifs is 1. The molecule has 2 fully saturated rings. The summed E-state index contributed by atoms with van der Waals surface area (Å²) >= 11 is 0. The smallest absolute Gasteiger partial charge is 0.314 e. The van der Waals surface area contributed by atoms with Crippen LogP contribution in [-0.4, -0.2) is 70.2 Å². The number of imidazole rings is 1. The highest BCUT2D eigenvalue weighted by atomic mass is 16.6. The lowest BCUT2D eigenvalue weighted by atomic mass is 10.1. The number of carbonyl (C=O) groups is 2. The normalized spacial score (nSPS) is 28.8. The van der Waals surface area contributed by atoms with E-state index >= 15 is 0 Å². The molecule has 0 radical (unpaired) electrons. The summed E-state index contributed by atoms with van der Waals surface area (Å²) in [6, 6.07) is -0.280. The van der Waals surface area contributed by atoms with Gasteiger partial charge in [-0.25, -0.2) is 9.78 Å². The second-order valence-electron chi connectivity index (χ2n) is 7.23. The maximum absolute atomic E-state index is 12.1. The third-order valence-electron chi connectivity index (χ3n) is 5.06. The predicted molar refractivity (Wildman–Crippen MR) is 99.3 cm³/mol. The van der Waals surface area contributed by atoms with Crippen LogP contribution in [-0.2, 0) is 27.9 Å². The fraction of sp³-hybridized carbons (Fsp3) is 0.722. The molecule has 2 aliphatic rings. The van der Waals surface area contributed by atoms with Crippen molar-refractivity contribution in [2.24, 2.45) is 7.05 Å². The fourth-order valence-electron chi connectivity index (χ4n) is 3.53. The summed E-state index contributed by atoms with van der Waals surface area (Å²) in [5.74, 6) is 0.642. The first-order valence-electron chi connectivity index (χ1n) is 9.71. The average Bonchev–Trinajstić information content (AvgIpc) is 3.33. The van der Waals surface area contributed by atoms with Crippen LogP contribution < -0.4 is 16.0 Å². The second-order valence-corrected chi connectivity index (χ2v) is 7.23. The standard InChI is InChI=1S/C18H29N5O5/c1-3-4-20-18(26)22-9-13-16(25)17-12(28-13)7-11(27-17)8-15(24)21-10-14-19-5-6-23(14)2/h5-6,11-13,16-17,25H,3-4,7-10H2,1-2H3,(H,21,24)(H2,20,22,26). The van der Waals surface area contributed by atoms with Crippen LogP contribution in [0.1, 0.15) is 32.0 Å². The maximum Gasteiger partial charge on any atom is 0.314 e. The number of rotatable bonds is 8. The van der Waals surface area contributed by atoms with Crippen molar-refractivity contribution in [1.29, 1.82) is 0 Å². The Morgan fingerprint density at radius 2 is 2.14 bits per heavy atom.